The van der Waals surface area contributed by atoms with Gasteiger partial charge < -0.3 is 30.6 Å². The minimum atomic E-state index is -1.17. The molecular weight excluding hydrogens is 418 g/mol. The zero-order valence-corrected chi connectivity index (χ0v) is 17.7. The molecule has 0 aromatic carbocycles. The van der Waals surface area contributed by atoms with Gasteiger partial charge in [-0.3, -0.25) is 19.2 Å². The summed E-state index contributed by atoms with van der Waals surface area (Å²) in [6, 6.07) is 0. The van der Waals surface area contributed by atoms with Crippen molar-refractivity contribution in [2.75, 3.05) is 0 Å². The Morgan fingerprint density at radius 2 is 1.11 bits per heavy atom. The molecular formula is C16H20O10Zn. The molecule has 6 N–H and O–H groups in total. The number of hydrogen-bond acceptors (Lipinski definition) is 8. The minimum Gasteiger partial charge on any atom is -0.511 e. The number of hydrogen-bond donors (Lipinski definition) is 2. The number of carbonyl (C=O) groups excluding carboxylic acids is 4. The predicted octanol–water partition coefficient (Wildman–Crippen LogP) is -0.244. The van der Waals surface area contributed by atoms with Crippen LogP contribution in [-0.4, -0.2) is 44.7 Å². The number of esters is 2. The molecule has 0 bridgehead atoms. The number of allylic oxidation sites excluding steroid dienone is 2. The largest absolute Gasteiger partial charge is 0.511 e. The van der Waals surface area contributed by atoms with E-state index in [1.807, 2.05) is 0 Å². The third-order valence-corrected chi connectivity index (χ3v) is 2.96. The Morgan fingerprint density at radius 3 is 1.30 bits per heavy atom. The molecule has 0 aliphatic carbocycles. The smallest absolute Gasteiger partial charge is 0.329 e. The van der Waals surface area contributed by atoms with Crippen molar-refractivity contribution in [3.63, 3.8) is 0 Å². The topological polar surface area (TPSA) is 190 Å². The summed E-state index contributed by atoms with van der Waals surface area (Å²) in [7, 11) is 0. The average molecular weight is 438 g/mol. The molecule has 2 heterocycles. The van der Waals surface area contributed by atoms with Crippen molar-refractivity contribution >= 4 is 23.5 Å². The summed E-state index contributed by atoms with van der Waals surface area (Å²) in [6.45, 7) is 9.06. The monoisotopic (exact) mass is 436 g/mol. The van der Waals surface area contributed by atoms with E-state index in [0.29, 0.717) is 0 Å². The molecule has 2 unspecified atom stereocenters. The fourth-order valence-electron chi connectivity index (χ4n) is 1.92. The number of rotatable bonds is 2. The maximum Gasteiger partial charge on any atom is 0.329 e. The van der Waals surface area contributed by atoms with E-state index in [1.54, 1.807) is 0 Å². The molecule has 0 spiro atoms. The third-order valence-electron chi connectivity index (χ3n) is 2.96. The van der Waals surface area contributed by atoms with Crippen LogP contribution in [0.4, 0.5) is 0 Å². The molecule has 2 rings (SSSR count). The molecule has 0 fully saturated rings. The predicted molar refractivity (Wildman–Crippen MR) is 87.5 cm³/mol. The van der Waals surface area contributed by atoms with Crippen LogP contribution in [0, 0.1) is 11.8 Å². The molecule has 0 amide bonds. The summed E-state index contributed by atoms with van der Waals surface area (Å²) >= 11 is 0. The van der Waals surface area contributed by atoms with Crippen LogP contribution in [0.3, 0.4) is 0 Å². The number of carbonyl (C=O) groups is 4. The van der Waals surface area contributed by atoms with Crippen LogP contribution in [-0.2, 0) is 48.1 Å². The van der Waals surface area contributed by atoms with E-state index in [1.165, 1.54) is 13.8 Å². The van der Waals surface area contributed by atoms with E-state index in [2.05, 4.69) is 22.6 Å². The molecule has 27 heavy (non-hydrogen) atoms. The van der Waals surface area contributed by atoms with Gasteiger partial charge >= 0.3 is 11.9 Å². The zero-order valence-electron chi connectivity index (χ0n) is 14.8. The summed E-state index contributed by atoms with van der Waals surface area (Å²) < 4.78 is 9.08. The Hall–Kier alpha value is -2.62. The molecule has 2 aliphatic heterocycles. The van der Waals surface area contributed by atoms with Crippen LogP contribution < -0.4 is 0 Å². The van der Waals surface area contributed by atoms with Crippen molar-refractivity contribution in [3.05, 3.63) is 48.3 Å². The first-order valence-corrected chi connectivity index (χ1v) is 6.67. The fourth-order valence-corrected chi connectivity index (χ4v) is 1.92. The number of cyclic esters (lactones) is 2. The van der Waals surface area contributed by atoms with Crippen LogP contribution >= 0.6 is 0 Å². The molecule has 11 heteroatoms. The second-order valence-electron chi connectivity index (χ2n) is 5.00. The van der Waals surface area contributed by atoms with Crippen molar-refractivity contribution in [1.82, 2.24) is 0 Å². The summed E-state index contributed by atoms with van der Waals surface area (Å²) in [5.41, 5.74) is 0. The molecule has 10 nitrogen and oxygen atoms in total. The third kappa shape index (κ3) is 7.65. The van der Waals surface area contributed by atoms with Crippen molar-refractivity contribution in [3.8, 4) is 0 Å². The number of aliphatic hydroxyl groups excluding tert-OH is 2. The van der Waals surface area contributed by atoms with Gasteiger partial charge in [-0.2, -0.15) is 0 Å². The number of ether oxygens (including phenoxy) is 2. The second kappa shape index (κ2) is 11.9. The van der Waals surface area contributed by atoms with Gasteiger partial charge in [0.2, 0.25) is 0 Å². The summed E-state index contributed by atoms with van der Waals surface area (Å²) in [5.74, 6) is -5.27. The molecule has 0 radical (unpaired) electrons. The van der Waals surface area contributed by atoms with Gasteiger partial charge in [0, 0.05) is 31.6 Å². The van der Waals surface area contributed by atoms with Crippen LogP contribution in [0.2, 0.25) is 0 Å². The fraction of sp³-hybridized carbons (Fsp3) is 0.250. The standard InChI is InChI=1S/2C8H8O4.2H2O.Zn/c2*1-4-3-6(10)7(5(2)9)8(11)12-4;;;/h2*3,7,10H,1H2,2H3;2*1H2;. The molecule has 0 aromatic heterocycles. The van der Waals surface area contributed by atoms with Crippen LogP contribution in [0.25, 0.3) is 0 Å². The first kappa shape index (κ1) is 29.2. The van der Waals surface area contributed by atoms with Crippen LogP contribution in [0.5, 0.6) is 0 Å². The van der Waals surface area contributed by atoms with Gasteiger partial charge in [-0.15, -0.1) is 0 Å². The molecule has 2 aliphatic rings. The van der Waals surface area contributed by atoms with E-state index < -0.39 is 35.3 Å². The van der Waals surface area contributed by atoms with Gasteiger partial charge in [-0.25, -0.2) is 0 Å². The quantitative estimate of drug-likeness (QED) is 0.335. The van der Waals surface area contributed by atoms with Gasteiger partial charge in [0.05, 0.1) is 0 Å². The van der Waals surface area contributed by atoms with Gasteiger partial charge in [0.25, 0.3) is 0 Å². The van der Waals surface area contributed by atoms with Crippen molar-refractivity contribution in [1.29, 1.82) is 0 Å². The van der Waals surface area contributed by atoms with Crippen molar-refractivity contribution in [2.45, 2.75) is 13.8 Å². The summed E-state index contributed by atoms with van der Waals surface area (Å²) in [6.07, 6.45) is 2.32. The van der Waals surface area contributed by atoms with E-state index in [-0.39, 0.29) is 53.5 Å². The molecule has 0 aromatic rings. The normalized spacial score (nSPS) is 20.5. The van der Waals surface area contributed by atoms with Crippen LogP contribution in [0.15, 0.2) is 48.3 Å². The summed E-state index contributed by atoms with van der Waals surface area (Å²) in [4.78, 5) is 43.5. The van der Waals surface area contributed by atoms with Gasteiger partial charge in [-0.05, 0) is 13.8 Å². The molecule has 0 saturated heterocycles. The van der Waals surface area contributed by atoms with Crippen molar-refractivity contribution in [2.24, 2.45) is 11.8 Å². The second-order valence-corrected chi connectivity index (χ2v) is 5.00. The Labute approximate surface area is 167 Å². The number of Topliss-reactive ketones (excluding diaryl/α,β-unsaturated/α-hetero) is 2. The Morgan fingerprint density at radius 1 is 0.852 bits per heavy atom. The first-order valence-electron chi connectivity index (χ1n) is 6.67. The average Bonchev–Trinajstić information content (AvgIpc) is 2.35. The first-order chi connectivity index (χ1) is 11.0. The van der Waals surface area contributed by atoms with E-state index in [4.69, 9.17) is 10.2 Å². The van der Waals surface area contributed by atoms with Gasteiger partial charge in [-0.1, -0.05) is 13.2 Å². The Kier molecular flexibility index (Phi) is 12.8. The molecule has 146 valence electrons. The maximum atomic E-state index is 11.0. The zero-order chi connectivity index (χ0) is 18.6. The van der Waals surface area contributed by atoms with Gasteiger partial charge in [0.1, 0.15) is 23.0 Å². The molecule has 0 saturated carbocycles. The van der Waals surface area contributed by atoms with E-state index in [9.17, 15) is 19.2 Å². The van der Waals surface area contributed by atoms with E-state index in [0.717, 1.165) is 12.2 Å². The SMILES string of the molecule is C=C1C=C(O)C(C(C)=O)C(=O)O1.C=C1C=C(O)C(C(C)=O)C(=O)O1.O.O.[Zn]. The van der Waals surface area contributed by atoms with Gasteiger partial charge in [0.15, 0.2) is 23.4 Å². The van der Waals surface area contributed by atoms with E-state index >= 15 is 0 Å². The molecule has 2 atom stereocenters. The Bertz CT molecular complexity index is 644. The maximum absolute atomic E-state index is 11.0. The minimum absolute atomic E-state index is 0. The number of ketones is 2. The summed E-state index contributed by atoms with van der Waals surface area (Å²) in [5, 5.41) is 18.3. The van der Waals surface area contributed by atoms with Crippen molar-refractivity contribution < 1.29 is 69.3 Å². The van der Waals surface area contributed by atoms with Crippen LogP contribution in [0.1, 0.15) is 13.8 Å². The number of aliphatic hydroxyl groups is 2. The Balaban J connectivity index is -0.000000384.